The van der Waals surface area contributed by atoms with Gasteiger partial charge < -0.3 is 4.98 Å². The van der Waals surface area contributed by atoms with Crippen molar-refractivity contribution in [2.45, 2.75) is 4.90 Å². The molecule has 124 valence electrons. The Morgan fingerprint density at radius 1 is 1.12 bits per heavy atom. The molecule has 1 N–H and O–H groups in total. The summed E-state index contributed by atoms with van der Waals surface area (Å²) in [5, 5.41) is 0. The molecule has 6 nitrogen and oxygen atoms in total. The summed E-state index contributed by atoms with van der Waals surface area (Å²) in [5.74, 6) is 5.17. The first-order valence-electron chi connectivity index (χ1n) is 7.31. The number of pyridine rings is 1. The molecule has 0 bridgehead atoms. The highest BCUT2D eigenvalue weighted by atomic mass is 32.2. The molecule has 0 saturated heterocycles. The van der Waals surface area contributed by atoms with Crippen LogP contribution in [0, 0.1) is 11.8 Å². The summed E-state index contributed by atoms with van der Waals surface area (Å²) in [6.07, 6.45) is 7.49. The largest absolute Gasteiger partial charge is 0.338 e. The van der Waals surface area contributed by atoms with Gasteiger partial charge in [0, 0.05) is 29.1 Å². The smallest absolute Gasteiger partial charge is 0.286 e. The fourth-order valence-corrected chi connectivity index (χ4v) is 3.21. The van der Waals surface area contributed by atoms with E-state index in [9.17, 15) is 9.00 Å². The molecule has 1 aromatic carbocycles. The predicted octanol–water partition coefficient (Wildman–Crippen LogP) is 2.50. The predicted molar refractivity (Wildman–Crippen MR) is 94.3 cm³/mol. The molecule has 2 aromatic heterocycles. The maximum Gasteiger partial charge on any atom is 0.286 e. The average molecular weight is 350 g/mol. The van der Waals surface area contributed by atoms with E-state index in [1.807, 2.05) is 6.07 Å². The Hall–Kier alpha value is -3.24. The van der Waals surface area contributed by atoms with Gasteiger partial charge in [-0.05, 0) is 24.1 Å². The Balaban J connectivity index is 1.89. The first-order chi connectivity index (χ1) is 12.0. The van der Waals surface area contributed by atoms with E-state index in [-0.39, 0.29) is 5.56 Å². The summed E-state index contributed by atoms with van der Waals surface area (Å²) in [4.78, 5) is 23.6. The number of hydrogen-bond acceptors (Lipinski definition) is 4. The molecule has 0 aliphatic carbocycles. The molecule has 3 aromatic rings. The molecule has 1 atom stereocenters. The zero-order valence-corrected chi connectivity index (χ0v) is 14.2. The molecular weight excluding hydrogens is 336 g/mol. The lowest BCUT2D eigenvalue weighted by Gasteiger charge is -2.03. The van der Waals surface area contributed by atoms with E-state index in [4.69, 9.17) is 0 Å². The van der Waals surface area contributed by atoms with E-state index in [2.05, 4.69) is 31.2 Å². The van der Waals surface area contributed by atoms with Gasteiger partial charge in [-0.25, -0.2) is 9.19 Å². The third-order valence-electron chi connectivity index (χ3n) is 3.26. The maximum absolute atomic E-state index is 12.7. The fraction of sp³-hybridized carbons (Fsp3) is 0.0556. The number of carbonyl (C=O) groups is 1. The highest BCUT2D eigenvalue weighted by Crippen LogP contribution is 2.13. The van der Waals surface area contributed by atoms with E-state index < -0.39 is 15.6 Å². The second-order valence-electron chi connectivity index (χ2n) is 5.19. The van der Waals surface area contributed by atoms with Crippen molar-refractivity contribution >= 4 is 15.6 Å². The van der Waals surface area contributed by atoms with Crippen LogP contribution in [0.5, 0.6) is 0 Å². The zero-order chi connectivity index (χ0) is 17.7. The molecule has 0 aliphatic heterocycles. The Morgan fingerprint density at radius 3 is 2.64 bits per heavy atom. The molecule has 1 amide bonds. The number of benzene rings is 1. The topological polar surface area (TPSA) is 88.1 Å². The van der Waals surface area contributed by atoms with Gasteiger partial charge in [0.1, 0.15) is 5.69 Å². The van der Waals surface area contributed by atoms with Crippen LogP contribution in [0.3, 0.4) is 0 Å². The lowest BCUT2D eigenvalue weighted by molar-refractivity contribution is 0.100. The third kappa shape index (κ3) is 4.19. The SMILES string of the molecule is CS(=O)(=NC(=O)c1cncc(C#Cc2cnc[nH]2)c1)c1ccccc1. The number of H-pyrrole nitrogens is 1. The molecule has 0 saturated carbocycles. The zero-order valence-electron chi connectivity index (χ0n) is 13.3. The quantitative estimate of drug-likeness (QED) is 0.719. The Labute approximate surface area is 145 Å². The first-order valence-corrected chi connectivity index (χ1v) is 9.24. The number of carbonyl (C=O) groups excluding carboxylic acids is 1. The number of rotatable bonds is 2. The maximum atomic E-state index is 12.7. The van der Waals surface area contributed by atoms with Gasteiger partial charge in [-0.1, -0.05) is 24.1 Å². The fourth-order valence-electron chi connectivity index (χ4n) is 2.03. The molecule has 0 radical (unpaired) electrons. The van der Waals surface area contributed by atoms with Crippen molar-refractivity contribution in [3.8, 4) is 11.8 Å². The van der Waals surface area contributed by atoms with E-state index in [1.165, 1.54) is 18.8 Å². The van der Waals surface area contributed by atoms with Gasteiger partial charge in [-0.15, -0.1) is 0 Å². The van der Waals surface area contributed by atoms with Crippen LogP contribution >= 0.6 is 0 Å². The lowest BCUT2D eigenvalue weighted by atomic mass is 10.2. The minimum absolute atomic E-state index is 0.238. The molecule has 0 spiro atoms. The van der Waals surface area contributed by atoms with Crippen LogP contribution in [0.2, 0.25) is 0 Å². The van der Waals surface area contributed by atoms with E-state index in [0.29, 0.717) is 16.2 Å². The van der Waals surface area contributed by atoms with Crippen LogP contribution < -0.4 is 0 Å². The minimum Gasteiger partial charge on any atom is -0.338 e. The minimum atomic E-state index is -2.82. The normalized spacial score (nSPS) is 12.5. The number of aromatic nitrogens is 3. The Kier molecular flexibility index (Phi) is 4.73. The number of nitrogens with zero attached hydrogens (tertiary/aromatic N) is 3. The van der Waals surface area contributed by atoms with E-state index in [1.54, 1.807) is 42.7 Å². The molecule has 1 unspecified atom stereocenters. The molecule has 3 rings (SSSR count). The van der Waals surface area contributed by atoms with Gasteiger partial charge in [-0.2, -0.15) is 4.36 Å². The van der Waals surface area contributed by atoms with E-state index in [0.717, 1.165) is 0 Å². The first kappa shape index (κ1) is 16.6. The summed E-state index contributed by atoms with van der Waals surface area (Å²) in [6.45, 7) is 0. The van der Waals surface area contributed by atoms with Crippen molar-refractivity contribution in [1.29, 1.82) is 0 Å². The van der Waals surface area contributed by atoms with Crippen LogP contribution in [0.4, 0.5) is 0 Å². The molecule has 7 heteroatoms. The van der Waals surface area contributed by atoms with Crippen molar-refractivity contribution in [3.63, 3.8) is 0 Å². The Morgan fingerprint density at radius 2 is 1.92 bits per heavy atom. The van der Waals surface area contributed by atoms with Crippen molar-refractivity contribution in [3.05, 3.63) is 78.1 Å². The summed E-state index contributed by atoms with van der Waals surface area (Å²) < 4.78 is 16.6. The highest BCUT2D eigenvalue weighted by molar-refractivity contribution is 7.93. The number of aromatic amines is 1. The summed E-state index contributed by atoms with van der Waals surface area (Å²) in [7, 11) is -2.82. The van der Waals surface area contributed by atoms with Gasteiger partial charge in [0.15, 0.2) is 0 Å². The summed E-state index contributed by atoms with van der Waals surface area (Å²) >= 11 is 0. The Bertz CT molecular complexity index is 1070. The second kappa shape index (κ2) is 7.11. The van der Waals surface area contributed by atoms with Crippen LogP contribution in [0.25, 0.3) is 0 Å². The lowest BCUT2D eigenvalue weighted by Crippen LogP contribution is -2.04. The van der Waals surface area contributed by atoms with Gasteiger partial charge in [0.2, 0.25) is 0 Å². The average Bonchev–Trinajstić information content (AvgIpc) is 3.14. The van der Waals surface area contributed by atoms with Gasteiger partial charge in [0.05, 0.1) is 27.8 Å². The van der Waals surface area contributed by atoms with Gasteiger partial charge >= 0.3 is 0 Å². The number of amides is 1. The van der Waals surface area contributed by atoms with Gasteiger partial charge in [-0.3, -0.25) is 9.78 Å². The van der Waals surface area contributed by atoms with Crippen LogP contribution in [-0.2, 0) is 9.73 Å². The van der Waals surface area contributed by atoms with Crippen LogP contribution in [0.15, 0.2) is 70.6 Å². The molecule has 0 fully saturated rings. The third-order valence-corrected chi connectivity index (χ3v) is 4.92. The van der Waals surface area contributed by atoms with Crippen LogP contribution in [-0.4, -0.2) is 31.3 Å². The number of imidazole rings is 1. The molecule has 25 heavy (non-hydrogen) atoms. The van der Waals surface area contributed by atoms with E-state index >= 15 is 0 Å². The van der Waals surface area contributed by atoms with Crippen molar-refractivity contribution in [2.24, 2.45) is 4.36 Å². The second-order valence-corrected chi connectivity index (χ2v) is 7.45. The van der Waals surface area contributed by atoms with Crippen molar-refractivity contribution < 1.29 is 9.00 Å². The van der Waals surface area contributed by atoms with Crippen LogP contribution in [0.1, 0.15) is 21.6 Å². The molecule has 2 heterocycles. The number of nitrogens with one attached hydrogen (secondary N) is 1. The highest BCUT2D eigenvalue weighted by Gasteiger charge is 2.11. The summed E-state index contributed by atoms with van der Waals surface area (Å²) in [5.41, 5.74) is 1.45. The van der Waals surface area contributed by atoms with Crippen molar-refractivity contribution in [1.82, 2.24) is 15.0 Å². The van der Waals surface area contributed by atoms with Gasteiger partial charge in [0.25, 0.3) is 5.91 Å². The number of hydrogen-bond donors (Lipinski definition) is 1. The van der Waals surface area contributed by atoms with Crippen molar-refractivity contribution in [2.75, 3.05) is 6.26 Å². The molecular formula is C18H14N4O2S. The summed E-state index contributed by atoms with van der Waals surface area (Å²) in [6, 6.07) is 10.3. The standard InChI is InChI=1S/C18H14N4O2S/c1-25(24,17-5-3-2-4-6-17)22-18(23)15-9-14(10-19-11-15)7-8-16-12-20-13-21-16/h2-6,9-13H,1H3,(H,20,21). The molecule has 0 aliphatic rings. The monoisotopic (exact) mass is 350 g/mol.